The number of carboxylic acid groups (broad SMARTS) is 1. The molecule has 0 bridgehead atoms. The molecule has 0 aliphatic carbocycles. The van der Waals surface area contributed by atoms with Gasteiger partial charge in [0.25, 0.3) is 0 Å². The van der Waals surface area contributed by atoms with Crippen LogP contribution in [-0.4, -0.2) is 40.8 Å². The number of Topliss-reactive ketones (excluding diaryl/α,β-unsaturated/α-hetero) is 1. The van der Waals surface area contributed by atoms with Crippen molar-refractivity contribution >= 4 is 17.7 Å². The van der Waals surface area contributed by atoms with Crippen molar-refractivity contribution in [3.63, 3.8) is 0 Å². The van der Waals surface area contributed by atoms with Gasteiger partial charge in [0.2, 0.25) is 5.91 Å². The number of carbonyl (C=O) groups is 3. The lowest BCUT2D eigenvalue weighted by molar-refractivity contribution is -0.146. The number of nitrogens with zero attached hydrogens (tertiary/aromatic N) is 1. The molecule has 1 atom stereocenters. The van der Waals surface area contributed by atoms with Crippen LogP contribution in [0.1, 0.15) is 49.9 Å². The van der Waals surface area contributed by atoms with Gasteiger partial charge in [0.05, 0.1) is 5.92 Å². The van der Waals surface area contributed by atoms with Crippen LogP contribution < -0.4 is 0 Å². The van der Waals surface area contributed by atoms with E-state index in [9.17, 15) is 14.4 Å². The van der Waals surface area contributed by atoms with Gasteiger partial charge in [0.15, 0.2) is 5.78 Å². The zero-order valence-electron chi connectivity index (χ0n) is 14.3. The number of hydrogen-bond acceptors (Lipinski definition) is 3. The molecular formula is C19H25NO4. The Morgan fingerprint density at radius 3 is 2.46 bits per heavy atom. The number of carbonyl (C=O) groups excluding carboxylic acids is 2. The van der Waals surface area contributed by atoms with Gasteiger partial charge in [-0.25, -0.2) is 0 Å². The van der Waals surface area contributed by atoms with Crippen LogP contribution in [0.2, 0.25) is 0 Å². The van der Waals surface area contributed by atoms with Gasteiger partial charge in [-0.15, -0.1) is 0 Å². The molecule has 1 aliphatic rings. The van der Waals surface area contributed by atoms with Crippen LogP contribution in [0.15, 0.2) is 30.3 Å². The van der Waals surface area contributed by atoms with Gasteiger partial charge >= 0.3 is 5.97 Å². The molecule has 0 aromatic heterocycles. The van der Waals surface area contributed by atoms with Crippen LogP contribution in [-0.2, 0) is 9.59 Å². The summed E-state index contributed by atoms with van der Waals surface area (Å²) in [4.78, 5) is 37.6. The van der Waals surface area contributed by atoms with Crippen molar-refractivity contribution in [2.75, 3.05) is 13.1 Å². The van der Waals surface area contributed by atoms with Gasteiger partial charge in [-0.2, -0.15) is 0 Å². The fraction of sp³-hybridized carbons (Fsp3) is 0.526. The van der Waals surface area contributed by atoms with Crippen LogP contribution in [0, 0.1) is 11.3 Å². The second-order valence-corrected chi connectivity index (χ2v) is 7.32. The number of ketones is 1. The summed E-state index contributed by atoms with van der Waals surface area (Å²) >= 11 is 0. The van der Waals surface area contributed by atoms with Crippen molar-refractivity contribution in [3.8, 4) is 0 Å². The maximum Gasteiger partial charge on any atom is 0.308 e. The summed E-state index contributed by atoms with van der Waals surface area (Å²) in [5, 5.41) is 9.13. The first kappa shape index (κ1) is 18.2. The molecule has 1 fully saturated rings. The molecule has 1 unspecified atom stereocenters. The zero-order valence-corrected chi connectivity index (χ0v) is 14.3. The van der Waals surface area contributed by atoms with Gasteiger partial charge in [-0.3, -0.25) is 14.4 Å². The fourth-order valence-electron chi connectivity index (χ4n) is 3.15. The predicted octanol–water partition coefficient (Wildman–Crippen LogP) is 3.00. The van der Waals surface area contributed by atoms with E-state index in [-0.39, 0.29) is 24.7 Å². The number of likely N-dealkylation sites (tertiary alicyclic amines) is 1. The molecule has 130 valence electrons. The summed E-state index contributed by atoms with van der Waals surface area (Å²) in [6, 6.07) is 9.07. The number of benzene rings is 1. The van der Waals surface area contributed by atoms with Crippen LogP contribution in [0.5, 0.6) is 0 Å². The van der Waals surface area contributed by atoms with E-state index in [1.165, 1.54) is 0 Å². The highest BCUT2D eigenvalue weighted by atomic mass is 16.4. The molecule has 5 heteroatoms. The summed E-state index contributed by atoms with van der Waals surface area (Å²) in [5.41, 5.74) is 0.196. The average Bonchev–Trinajstić information content (AvgIpc) is 2.54. The number of amides is 1. The first-order valence-electron chi connectivity index (χ1n) is 8.37. The Labute approximate surface area is 142 Å². The summed E-state index contributed by atoms with van der Waals surface area (Å²) in [6.07, 6.45) is 1.87. The SMILES string of the molecule is CC(C)(CC(=O)c1ccccc1)CC(=O)N1CCCC(C(=O)O)C1. The minimum atomic E-state index is -0.842. The molecule has 1 heterocycles. The molecular weight excluding hydrogens is 306 g/mol. The summed E-state index contributed by atoms with van der Waals surface area (Å²) in [7, 11) is 0. The summed E-state index contributed by atoms with van der Waals surface area (Å²) < 4.78 is 0. The van der Waals surface area contributed by atoms with Gasteiger partial charge in [-0.05, 0) is 18.3 Å². The molecule has 1 aromatic rings. The number of hydrogen-bond donors (Lipinski definition) is 1. The topological polar surface area (TPSA) is 74.7 Å². The maximum absolute atomic E-state index is 12.5. The van der Waals surface area contributed by atoms with Crippen molar-refractivity contribution in [2.45, 2.75) is 39.5 Å². The summed E-state index contributed by atoms with van der Waals surface area (Å²) in [5.74, 6) is -1.36. The normalized spacial score (nSPS) is 18.2. The highest BCUT2D eigenvalue weighted by Gasteiger charge is 2.32. The van der Waals surface area contributed by atoms with Crippen molar-refractivity contribution < 1.29 is 19.5 Å². The third-order valence-electron chi connectivity index (χ3n) is 4.49. The Bertz CT molecular complexity index is 609. The molecule has 1 amide bonds. The average molecular weight is 331 g/mol. The Kier molecular flexibility index (Phi) is 5.75. The van der Waals surface area contributed by atoms with Gasteiger partial charge < -0.3 is 10.0 Å². The molecule has 0 spiro atoms. The van der Waals surface area contributed by atoms with E-state index < -0.39 is 17.3 Å². The highest BCUT2D eigenvalue weighted by molar-refractivity contribution is 5.96. The molecule has 5 nitrogen and oxygen atoms in total. The Hall–Kier alpha value is -2.17. The quantitative estimate of drug-likeness (QED) is 0.813. The van der Waals surface area contributed by atoms with E-state index in [1.807, 2.05) is 32.0 Å². The van der Waals surface area contributed by atoms with Gasteiger partial charge in [-0.1, -0.05) is 44.2 Å². The van der Waals surface area contributed by atoms with Crippen LogP contribution in [0.3, 0.4) is 0 Å². The van der Waals surface area contributed by atoms with Crippen molar-refractivity contribution in [1.82, 2.24) is 4.90 Å². The monoisotopic (exact) mass is 331 g/mol. The largest absolute Gasteiger partial charge is 0.481 e. The molecule has 1 aliphatic heterocycles. The number of aliphatic carboxylic acids is 1. The molecule has 1 saturated heterocycles. The van der Waals surface area contributed by atoms with Crippen molar-refractivity contribution in [2.24, 2.45) is 11.3 Å². The summed E-state index contributed by atoms with van der Waals surface area (Å²) in [6.45, 7) is 4.69. The minimum Gasteiger partial charge on any atom is -0.481 e. The first-order chi connectivity index (χ1) is 11.3. The fourth-order valence-corrected chi connectivity index (χ4v) is 3.15. The predicted molar refractivity (Wildman–Crippen MR) is 90.7 cm³/mol. The third-order valence-corrected chi connectivity index (χ3v) is 4.49. The second kappa shape index (κ2) is 7.60. The van der Waals surface area contributed by atoms with Crippen LogP contribution >= 0.6 is 0 Å². The van der Waals surface area contributed by atoms with Crippen LogP contribution in [0.4, 0.5) is 0 Å². The minimum absolute atomic E-state index is 0.0236. The Balaban J connectivity index is 1.94. The zero-order chi connectivity index (χ0) is 17.7. The Morgan fingerprint density at radius 2 is 1.83 bits per heavy atom. The van der Waals surface area contributed by atoms with Gasteiger partial charge in [0, 0.05) is 31.5 Å². The van der Waals surface area contributed by atoms with E-state index in [1.54, 1.807) is 17.0 Å². The maximum atomic E-state index is 12.5. The standard InChI is InChI=1S/C19H25NO4/c1-19(2,11-16(21)14-7-4-3-5-8-14)12-17(22)20-10-6-9-15(13-20)18(23)24/h3-5,7-8,15H,6,9-13H2,1-2H3,(H,23,24). The third kappa shape index (κ3) is 4.91. The lowest BCUT2D eigenvalue weighted by Crippen LogP contribution is -2.43. The van der Waals surface area contributed by atoms with E-state index in [0.717, 1.165) is 0 Å². The molecule has 0 radical (unpaired) electrons. The Morgan fingerprint density at radius 1 is 1.17 bits per heavy atom. The van der Waals surface area contributed by atoms with Crippen molar-refractivity contribution in [3.05, 3.63) is 35.9 Å². The molecule has 0 saturated carbocycles. The molecule has 1 N–H and O–H groups in total. The number of piperidine rings is 1. The molecule has 24 heavy (non-hydrogen) atoms. The smallest absolute Gasteiger partial charge is 0.308 e. The van der Waals surface area contributed by atoms with Gasteiger partial charge in [0.1, 0.15) is 0 Å². The number of rotatable bonds is 6. The van der Waals surface area contributed by atoms with E-state index in [2.05, 4.69) is 0 Å². The first-order valence-corrected chi connectivity index (χ1v) is 8.37. The van der Waals surface area contributed by atoms with Crippen LogP contribution in [0.25, 0.3) is 0 Å². The molecule has 1 aromatic carbocycles. The van der Waals surface area contributed by atoms with E-state index in [0.29, 0.717) is 31.4 Å². The number of carboxylic acids is 1. The van der Waals surface area contributed by atoms with E-state index in [4.69, 9.17) is 5.11 Å². The van der Waals surface area contributed by atoms with E-state index >= 15 is 0 Å². The van der Waals surface area contributed by atoms with Crippen molar-refractivity contribution in [1.29, 1.82) is 0 Å². The lowest BCUT2D eigenvalue weighted by atomic mass is 9.81. The second-order valence-electron chi connectivity index (χ2n) is 7.32. The molecule has 2 rings (SSSR count). The highest BCUT2D eigenvalue weighted by Crippen LogP contribution is 2.29. The lowest BCUT2D eigenvalue weighted by Gasteiger charge is -2.33.